The molecule has 3 aromatic heterocycles. The van der Waals surface area contributed by atoms with Crippen molar-refractivity contribution in [3.8, 4) is 22.5 Å². The first-order chi connectivity index (χ1) is 29.0. The van der Waals surface area contributed by atoms with E-state index in [-0.39, 0.29) is 35.2 Å². The van der Waals surface area contributed by atoms with Crippen molar-refractivity contribution in [2.45, 2.75) is 63.7 Å². The fraction of sp³-hybridized carbons (Fsp3) is 0.341. The highest BCUT2D eigenvalue weighted by Gasteiger charge is 2.39. The van der Waals surface area contributed by atoms with Gasteiger partial charge in [-0.05, 0) is 67.5 Å². The minimum absolute atomic E-state index is 0.152. The van der Waals surface area contributed by atoms with E-state index < -0.39 is 24.3 Å². The molecular formula is C44H46N8O8. The molecule has 2 fully saturated rings. The number of nitrogens with one attached hydrogen (secondary N) is 4. The van der Waals surface area contributed by atoms with Crippen LogP contribution < -0.4 is 16.1 Å². The van der Waals surface area contributed by atoms with Gasteiger partial charge in [0.25, 0.3) is 5.91 Å². The van der Waals surface area contributed by atoms with Crippen LogP contribution in [0.4, 0.5) is 9.59 Å². The second kappa shape index (κ2) is 16.7. The van der Waals surface area contributed by atoms with Gasteiger partial charge >= 0.3 is 12.2 Å². The maximum Gasteiger partial charge on any atom is 0.407 e. The molecule has 0 aliphatic carbocycles. The SMILES string of the molecule is COC(=O)N[C@H](C(=O)N1CCCC1c1ncc(-c2ccc3oc4cc(-c5cnc([C@@H]6CCCN6C(=O)[C@H](NC(=O)OC)c6ccccc6)[nH]5)ccc4c(=O)c3c2)[nH]1)C(C)C. The summed E-state index contributed by atoms with van der Waals surface area (Å²) in [5, 5.41) is 6.17. The van der Waals surface area contributed by atoms with Crippen molar-refractivity contribution < 1.29 is 33.1 Å². The molecule has 2 saturated heterocycles. The Balaban J connectivity index is 1.01. The van der Waals surface area contributed by atoms with Crippen LogP contribution in [0.25, 0.3) is 44.5 Å². The number of nitrogens with zero attached hydrogens (tertiary/aromatic N) is 4. The van der Waals surface area contributed by atoms with Gasteiger partial charge in [0.2, 0.25) is 11.3 Å². The fourth-order valence-electron chi connectivity index (χ4n) is 8.28. The van der Waals surface area contributed by atoms with Crippen LogP contribution in [0.5, 0.6) is 0 Å². The second-order valence-electron chi connectivity index (χ2n) is 15.4. The van der Waals surface area contributed by atoms with Crippen LogP contribution >= 0.6 is 0 Å². The van der Waals surface area contributed by atoms with Gasteiger partial charge < -0.3 is 44.3 Å². The quantitative estimate of drug-likeness (QED) is 0.110. The van der Waals surface area contributed by atoms with Crippen molar-refractivity contribution in [3.05, 3.63) is 107 Å². The van der Waals surface area contributed by atoms with E-state index in [1.807, 2.05) is 44.2 Å². The zero-order valence-corrected chi connectivity index (χ0v) is 33.7. The number of carbonyl (C=O) groups excluding carboxylic acids is 4. The molecule has 0 bridgehead atoms. The second-order valence-corrected chi connectivity index (χ2v) is 15.4. The maximum absolute atomic E-state index is 13.9. The Hall–Kier alpha value is -6.97. The van der Waals surface area contributed by atoms with Crippen LogP contribution in [0.2, 0.25) is 0 Å². The smallest absolute Gasteiger partial charge is 0.407 e. The lowest BCUT2D eigenvalue weighted by Crippen LogP contribution is -2.51. The summed E-state index contributed by atoms with van der Waals surface area (Å²) < 4.78 is 15.9. The Kier molecular flexibility index (Phi) is 11.1. The Bertz CT molecular complexity index is 2640. The third-order valence-electron chi connectivity index (χ3n) is 11.4. The number of benzene rings is 3. The van der Waals surface area contributed by atoms with E-state index in [9.17, 15) is 24.0 Å². The molecule has 4 atom stereocenters. The van der Waals surface area contributed by atoms with Crippen LogP contribution in [0.15, 0.2) is 88.3 Å². The number of aromatic nitrogens is 4. The van der Waals surface area contributed by atoms with Gasteiger partial charge in [-0.25, -0.2) is 19.6 Å². The monoisotopic (exact) mass is 814 g/mol. The van der Waals surface area contributed by atoms with Crippen molar-refractivity contribution in [1.82, 2.24) is 40.4 Å². The Morgan fingerprint density at radius 1 is 0.733 bits per heavy atom. The lowest BCUT2D eigenvalue weighted by atomic mass is 10.0. The first kappa shape index (κ1) is 39.8. The van der Waals surface area contributed by atoms with Crippen LogP contribution in [0, 0.1) is 5.92 Å². The van der Waals surface area contributed by atoms with Crippen molar-refractivity contribution in [1.29, 1.82) is 0 Å². The Labute approximate surface area is 344 Å². The highest BCUT2D eigenvalue weighted by molar-refractivity contribution is 5.93. The number of fused-ring (bicyclic) bond motifs is 2. The number of rotatable bonds is 10. The van der Waals surface area contributed by atoms with Crippen LogP contribution in [0.3, 0.4) is 0 Å². The summed E-state index contributed by atoms with van der Waals surface area (Å²) in [4.78, 5) is 85.3. The maximum atomic E-state index is 13.9. The molecule has 3 aromatic carbocycles. The van der Waals surface area contributed by atoms with E-state index in [2.05, 4.69) is 30.6 Å². The Morgan fingerprint density at radius 2 is 1.32 bits per heavy atom. The van der Waals surface area contributed by atoms with E-state index >= 15 is 0 Å². The molecule has 16 heteroatoms. The van der Waals surface area contributed by atoms with Gasteiger partial charge in [-0.3, -0.25) is 14.4 Å². The first-order valence-electron chi connectivity index (χ1n) is 20.0. The van der Waals surface area contributed by atoms with Crippen molar-refractivity contribution in [2.75, 3.05) is 27.3 Å². The predicted molar refractivity (Wildman–Crippen MR) is 221 cm³/mol. The summed E-state index contributed by atoms with van der Waals surface area (Å²) in [6.45, 7) is 4.78. The average Bonchev–Trinajstić information content (AvgIpc) is 4.11. The lowest BCUT2D eigenvalue weighted by molar-refractivity contribution is -0.135. The summed E-state index contributed by atoms with van der Waals surface area (Å²) >= 11 is 0. The molecule has 4 N–H and O–H groups in total. The largest absolute Gasteiger partial charge is 0.456 e. The molecule has 6 aromatic rings. The van der Waals surface area contributed by atoms with E-state index in [1.165, 1.54) is 14.2 Å². The molecular weight excluding hydrogens is 769 g/mol. The molecule has 2 aliphatic heterocycles. The number of carbonyl (C=O) groups is 4. The minimum atomic E-state index is -0.929. The summed E-state index contributed by atoms with van der Waals surface area (Å²) in [5.74, 6) is 0.619. The van der Waals surface area contributed by atoms with Crippen LogP contribution in [0.1, 0.15) is 74.9 Å². The lowest BCUT2D eigenvalue weighted by Gasteiger charge is -2.30. The first-order valence-corrected chi connectivity index (χ1v) is 20.0. The summed E-state index contributed by atoms with van der Waals surface area (Å²) in [6, 6.07) is 17.5. The third kappa shape index (κ3) is 7.67. The number of H-pyrrole nitrogens is 2. The summed E-state index contributed by atoms with van der Waals surface area (Å²) in [5.41, 5.74) is 4.12. The summed E-state index contributed by atoms with van der Waals surface area (Å²) in [7, 11) is 2.53. The van der Waals surface area contributed by atoms with Crippen LogP contribution in [-0.2, 0) is 19.1 Å². The van der Waals surface area contributed by atoms with Crippen LogP contribution in [-0.4, -0.2) is 87.1 Å². The zero-order chi connectivity index (χ0) is 42.1. The number of alkyl carbamates (subject to hydrolysis) is 2. The highest BCUT2D eigenvalue weighted by Crippen LogP contribution is 2.36. The number of hydrogen-bond acceptors (Lipinski definition) is 10. The van der Waals surface area contributed by atoms with E-state index in [1.54, 1.807) is 58.6 Å². The van der Waals surface area contributed by atoms with Crippen molar-refractivity contribution in [2.24, 2.45) is 5.92 Å². The van der Waals surface area contributed by atoms with Gasteiger partial charge in [-0.2, -0.15) is 0 Å². The number of imidazole rings is 2. The molecule has 5 heterocycles. The van der Waals surface area contributed by atoms with E-state index in [0.717, 1.165) is 24.0 Å². The molecule has 310 valence electrons. The number of amides is 4. The number of aromatic amines is 2. The molecule has 4 amide bonds. The fourth-order valence-corrected chi connectivity index (χ4v) is 8.28. The molecule has 0 saturated carbocycles. The normalized spacial score (nSPS) is 17.6. The van der Waals surface area contributed by atoms with Crippen molar-refractivity contribution >= 4 is 45.9 Å². The third-order valence-corrected chi connectivity index (χ3v) is 11.4. The standard InChI is InChI=1S/C44H46N8O8/c1-24(2)36(49-43(56)58-3)41(54)51-18-8-12-32(51)39-45-22-30(47-39)26-15-17-34-29(20-26)38(53)28-16-14-27(21-35(28)60-34)31-23-46-40(48-31)33-13-9-19-52(33)42(55)37(50-44(57)59-4)25-10-6-5-7-11-25/h5-7,10-11,14-17,20-24,32-33,36-37H,8-9,12-13,18-19H2,1-4H3,(H,45,47)(H,46,48)(H,49,56)(H,50,57)/t32?,33-,36-,37+/m0/s1. The molecule has 0 radical (unpaired) electrons. The predicted octanol–water partition coefficient (Wildman–Crippen LogP) is 6.53. The molecule has 60 heavy (non-hydrogen) atoms. The van der Waals surface area contributed by atoms with Gasteiger partial charge in [0, 0.05) is 24.2 Å². The summed E-state index contributed by atoms with van der Waals surface area (Å²) in [6.07, 6.45) is 4.98. The topological polar surface area (TPSA) is 205 Å². The zero-order valence-electron chi connectivity index (χ0n) is 33.7. The average molecular weight is 815 g/mol. The number of hydrogen-bond donors (Lipinski definition) is 4. The van der Waals surface area contributed by atoms with Gasteiger partial charge in [0.05, 0.1) is 60.9 Å². The number of ether oxygens (including phenoxy) is 2. The molecule has 8 rings (SSSR count). The molecule has 0 spiro atoms. The number of likely N-dealkylation sites (tertiary alicyclic amines) is 2. The van der Waals surface area contributed by atoms with Gasteiger partial charge in [0.1, 0.15) is 34.9 Å². The minimum Gasteiger partial charge on any atom is -0.456 e. The molecule has 16 nitrogen and oxygen atoms in total. The van der Waals surface area contributed by atoms with Crippen molar-refractivity contribution in [3.63, 3.8) is 0 Å². The number of methoxy groups -OCH3 is 2. The van der Waals surface area contributed by atoms with E-state index in [0.29, 0.717) is 76.5 Å². The Morgan fingerprint density at radius 3 is 1.93 bits per heavy atom. The molecule has 1 unspecified atom stereocenters. The highest BCUT2D eigenvalue weighted by atomic mass is 16.5. The molecule has 2 aliphatic rings. The van der Waals surface area contributed by atoms with Gasteiger partial charge in [-0.15, -0.1) is 0 Å². The van der Waals surface area contributed by atoms with Gasteiger partial charge in [-0.1, -0.05) is 50.2 Å². The van der Waals surface area contributed by atoms with E-state index in [4.69, 9.17) is 13.9 Å². The van der Waals surface area contributed by atoms with Gasteiger partial charge in [0.15, 0.2) is 0 Å².